The molecule has 0 radical (unpaired) electrons. The van der Waals surface area contributed by atoms with Gasteiger partial charge in [0.1, 0.15) is 0 Å². The van der Waals surface area contributed by atoms with Crippen LogP contribution in [0.2, 0.25) is 0 Å². The smallest absolute Gasteiger partial charge is 0.0995 e. The Kier molecular flexibility index (Phi) is 4.52. The Hall–Kier alpha value is -1.63. The van der Waals surface area contributed by atoms with Crippen molar-refractivity contribution in [3.8, 4) is 6.07 Å². The van der Waals surface area contributed by atoms with Crippen LogP contribution >= 0.6 is 0 Å². The Morgan fingerprint density at radius 2 is 2.11 bits per heavy atom. The molecule has 1 heterocycles. The van der Waals surface area contributed by atoms with E-state index in [4.69, 9.17) is 0 Å². The molecule has 0 saturated carbocycles. The predicted molar refractivity (Wildman–Crippen MR) is 73.2 cm³/mol. The second kappa shape index (κ2) is 6.34. The van der Waals surface area contributed by atoms with E-state index in [1.165, 1.54) is 0 Å². The Labute approximate surface area is 109 Å². The molecule has 1 atom stereocenters. The molecular weight excluding hydrogens is 222 g/mol. The lowest BCUT2D eigenvalue weighted by Crippen LogP contribution is -2.45. The molecule has 0 amide bonds. The topological polar surface area (TPSA) is 39.1 Å². The fourth-order valence-corrected chi connectivity index (χ4v) is 2.51. The van der Waals surface area contributed by atoms with Crippen molar-refractivity contribution in [2.75, 3.05) is 26.2 Å². The summed E-state index contributed by atoms with van der Waals surface area (Å²) in [6, 6.07) is 10.5. The average molecular weight is 241 g/mol. The van der Waals surface area contributed by atoms with Crippen molar-refractivity contribution < 1.29 is 0 Å². The van der Waals surface area contributed by atoms with Gasteiger partial charge in [-0.05, 0) is 18.1 Å². The summed E-state index contributed by atoms with van der Waals surface area (Å²) in [5.74, 6) is 0. The van der Waals surface area contributed by atoms with E-state index in [-0.39, 0.29) is 6.04 Å². The maximum atomic E-state index is 9.23. The standard InChI is InChI=1S/C15H19N3/c1-2-5-15(18-10-8-17-9-11-18)14-7-4-3-6-13(14)12-16/h2-4,6-7,15,17H,1,5,8-11H2/t15-/m0/s1. The van der Waals surface area contributed by atoms with Gasteiger partial charge in [0.2, 0.25) is 0 Å². The van der Waals surface area contributed by atoms with E-state index < -0.39 is 0 Å². The van der Waals surface area contributed by atoms with Crippen LogP contribution in [0.25, 0.3) is 0 Å². The average Bonchev–Trinajstić information content (AvgIpc) is 2.46. The van der Waals surface area contributed by atoms with Crippen molar-refractivity contribution in [1.82, 2.24) is 10.2 Å². The van der Waals surface area contributed by atoms with Gasteiger partial charge in [-0.3, -0.25) is 4.90 Å². The summed E-state index contributed by atoms with van der Waals surface area (Å²) in [5.41, 5.74) is 1.91. The highest BCUT2D eigenvalue weighted by atomic mass is 15.2. The van der Waals surface area contributed by atoms with E-state index in [9.17, 15) is 5.26 Å². The zero-order valence-electron chi connectivity index (χ0n) is 10.6. The van der Waals surface area contributed by atoms with Crippen LogP contribution in [0.15, 0.2) is 36.9 Å². The fraction of sp³-hybridized carbons (Fsp3) is 0.400. The third-order valence-electron chi connectivity index (χ3n) is 3.42. The number of nitrogens with one attached hydrogen (secondary N) is 1. The zero-order valence-corrected chi connectivity index (χ0v) is 10.6. The molecule has 0 unspecified atom stereocenters. The van der Waals surface area contributed by atoms with E-state index in [1.54, 1.807) is 0 Å². The second-order valence-corrected chi connectivity index (χ2v) is 4.53. The molecule has 0 spiro atoms. The second-order valence-electron chi connectivity index (χ2n) is 4.53. The van der Waals surface area contributed by atoms with Gasteiger partial charge < -0.3 is 5.32 Å². The Morgan fingerprint density at radius 3 is 2.78 bits per heavy atom. The summed E-state index contributed by atoms with van der Waals surface area (Å²) in [5, 5.41) is 12.6. The number of hydrogen-bond donors (Lipinski definition) is 1. The Morgan fingerprint density at radius 1 is 1.39 bits per heavy atom. The molecule has 1 fully saturated rings. The van der Waals surface area contributed by atoms with Gasteiger partial charge >= 0.3 is 0 Å². The van der Waals surface area contributed by atoms with Gasteiger partial charge in [-0.2, -0.15) is 5.26 Å². The molecule has 18 heavy (non-hydrogen) atoms. The van der Waals surface area contributed by atoms with Crippen molar-refractivity contribution >= 4 is 0 Å². The van der Waals surface area contributed by atoms with Gasteiger partial charge in [0.05, 0.1) is 11.6 Å². The minimum Gasteiger partial charge on any atom is -0.314 e. The SMILES string of the molecule is C=CC[C@@H](c1ccccc1C#N)N1CCNCC1. The van der Waals surface area contributed by atoms with Crippen LogP contribution in [-0.4, -0.2) is 31.1 Å². The summed E-state index contributed by atoms with van der Waals surface area (Å²) < 4.78 is 0. The number of nitriles is 1. The first-order valence-electron chi connectivity index (χ1n) is 6.41. The van der Waals surface area contributed by atoms with Gasteiger partial charge in [-0.1, -0.05) is 24.3 Å². The number of rotatable bonds is 4. The maximum Gasteiger partial charge on any atom is 0.0995 e. The van der Waals surface area contributed by atoms with Gasteiger partial charge in [-0.15, -0.1) is 6.58 Å². The minimum absolute atomic E-state index is 0.278. The molecule has 1 aromatic rings. The van der Waals surface area contributed by atoms with E-state index >= 15 is 0 Å². The monoisotopic (exact) mass is 241 g/mol. The normalized spacial score (nSPS) is 17.9. The van der Waals surface area contributed by atoms with Crippen LogP contribution in [0.5, 0.6) is 0 Å². The largest absolute Gasteiger partial charge is 0.314 e. The van der Waals surface area contributed by atoms with Crippen molar-refractivity contribution in [1.29, 1.82) is 5.26 Å². The summed E-state index contributed by atoms with van der Waals surface area (Å²) >= 11 is 0. The predicted octanol–water partition coefficient (Wildman–Crippen LogP) is 2.08. The molecular formula is C15H19N3. The molecule has 1 aromatic carbocycles. The lowest BCUT2D eigenvalue weighted by atomic mass is 9.96. The van der Waals surface area contributed by atoms with Crippen LogP contribution < -0.4 is 5.32 Å². The zero-order chi connectivity index (χ0) is 12.8. The van der Waals surface area contributed by atoms with E-state index in [1.807, 2.05) is 24.3 Å². The van der Waals surface area contributed by atoms with Crippen molar-refractivity contribution in [2.45, 2.75) is 12.5 Å². The Balaban J connectivity index is 2.28. The number of hydrogen-bond acceptors (Lipinski definition) is 3. The summed E-state index contributed by atoms with van der Waals surface area (Å²) in [4.78, 5) is 2.44. The van der Waals surface area contributed by atoms with Crippen molar-refractivity contribution in [3.63, 3.8) is 0 Å². The molecule has 1 saturated heterocycles. The molecule has 0 aromatic heterocycles. The van der Waals surface area contributed by atoms with Gasteiger partial charge in [0.15, 0.2) is 0 Å². The van der Waals surface area contributed by atoms with Crippen LogP contribution in [-0.2, 0) is 0 Å². The highest BCUT2D eigenvalue weighted by Crippen LogP contribution is 2.27. The van der Waals surface area contributed by atoms with Gasteiger partial charge in [-0.25, -0.2) is 0 Å². The summed E-state index contributed by atoms with van der Waals surface area (Å²) in [6.07, 6.45) is 2.83. The maximum absolute atomic E-state index is 9.23. The van der Waals surface area contributed by atoms with E-state index in [0.29, 0.717) is 0 Å². The van der Waals surface area contributed by atoms with Crippen molar-refractivity contribution in [2.24, 2.45) is 0 Å². The highest BCUT2D eigenvalue weighted by Gasteiger charge is 2.22. The first kappa shape index (κ1) is 12.8. The minimum atomic E-state index is 0.278. The quantitative estimate of drug-likeness (QED) is 0.820. The Bertz CT molecular complexity index is 441. The molecule has 1 aliphatic heterocycles. The lowest BCUT2D eigenvalue weighted by Gasteiger charge is -2.35. The fourth-order valence-electron chi connectivity index (χ4n) is 2.51. The van der Waals surface area contributed by atoms with E-state index in [0.717, 1.165) is 43.7 Å². The van der Waals surface area contributed by atoms with Crippen LogP contribution in [0.1, 0.15) is 23.6 Å². The first-order chi connectivity index (χ1) is 8.86. The van der Waals surface area contributed by atoms with Gasteiger partial charge in [0.25, 0.3) is 0 Å². The summed E-state index contributed by atoms with van der Waals surface area (Å²) in [7, 11) is 0. The van der Waals surface area contributed by atoms with E-state index in [2.05, 4.69) is 28.9 Å². The highest BCUT2D eigenvalue weighted by molar-refractivity contribution is 5.39. The molecule has 0 bridgehead atoms. The van der Waals surface area contributed by atoms with Crippen LogP contribution in [0.4, 0.5) is 0 Å². The molecule has 1 N–H and O–H groups in total. The number of nitrogens with zero attached hydrogens (tertiary/aromatic N) is 2. The molecule has 3 heteroatoms. The third kappa shape index (κ3) is 2.79. The molecule has 2 rings (SSSR count). The summed E-state index contributed by atoms with van der Waals surface area (Å²) in [6.45, 7) is 7.94. The number of benzene rings is 1. The first-order valence-corrected chi connectivity index (χ1v) is 6.41. The van der Waals surface area contributed by atoms with Crippen LogP contribution in [0, 0.1) is 11.3 Å². The number of piperazine rings is 1. The molecule has 1 aliphatic rings. The van der Waals surface area contributed by atoms with Crippen LogP contribution in [0.3, 0.4) is 0 Å². The van der Waals surface area contributed by atoms with Crippen molar-refractivity contribution in [3.05, 3.63) is 48.0 Å². The lowest BCUT2D eigenvalue weighted by molar-refractivity contribution is 0.174. The van der Waals surface area contributed by atoms with Gasteiger partial charge in [0, 0.05) is 32.2 Å². The molecule has 3 nitrogen and oxygen atoms in total. The molecule has 0 aliphatic carbocycles. The molecule has 94 valence electrons. The third-order valence-corrected chi connectivity index (χ3v) is 3.42.